The van der Waals surface area contributed by atoms with E-state index in [1.54, 1.807) is 12.1 Å². The highest BCUT2D eigenvalue weighted by atomic mass is 35.5. The van der Waals surface area contributed by atoms with Gasteiger partial charge in [0.15, 0.2) is 11.5 Å². The van der Waals surface area contributed by atoms with E-state index in [9.17, 15) is 4.79 Å². The third-order valence-electron chi connectivity index (χ3n) is 4.61. The number of ether oxygens (including phenoxy) is 2. The normalized spacial score (nSPS) is 14.5. The van der Waals surface area contributed by atoms with Crippen LogP contribution in [0.15, 0.2) is 42.5 Å². The summed E-state index contributed by atoms with van der Waals surface area (Å²) in [5, 5.41) is 3.41. The van der Waals surface area contributed by atoms with E-state index in [1.807, 2.05) is 32.3 Å². The molecule has 144 valence electrons. The number of hydrogen-bond donors (Lipinski definition) is 1. The highest BCUT2D eigenvalue weighted by Crippen LogP contribution is 2.37. The van der Waals surface area contributed by atoms with Gasteiger partial charge >= 0.3 is 0 Å². The summed E-state index contributed by atoms with van der Waals surface area (Å²) < 4.78 is 11.3. The van der Waals surface area contributed by atoms with Crippen LogP contribution in [0.2, 0.25) is 5.02 Å². The van der Waals surface area contributed by atoms with Crippen molar-refractivity contribution in [3.05, 3.63) is 58.6 Å². The Morgan fingerprint density at radius 3 is 2.67 bits per heavy atom. The Bertz CT molecular complexity index is 780. The number of carbonyl (C=O) groups excluding carboxylic acids is 1. The van der Waals surface area contributed by atoms with Crippen LogP contribution in [0.5, 0.6) is 11.5 Å². The molecule has 2 aromatic carbocycles. The third kappa shape index (κ3) is 5.15. The van der Waals surface area contributed by atoms with Gasteiger partial charge in [0.1, 0.15) is 0 Å². The number of fused-ring (bicyclic) bond motifs is 1. The number of amides is 1. The zero-order chi connectivity index (χ0) is 19.2. The molecule has 27 heavy (non-hydrogen) atoms. The molecule has 5 nitrogen and oxygen atoms in total. The molecule has 0 saturated carbocycles. The fraction of sp³-hybridized carbons (Fsp3) is 0.381. The Morgan fingerprint density at radius 2 is 1.93 bits per heavy atom. The molecule has 1 atom stereocenters. The quantitative estimate of drug-likeness (QED) is 0.824. The Labute approximate surface area is 165 Å². The minimum absolute atomic E-state index is 0.174. The average Bonchev–Trinajstić information content (AvgIpc) is 2.91. The van der Waals surface area contributed by atoms with Gasteiger partial charge in [0.2, 0.25) is 0 Å². The van der Waals surface area contributed by atoms with E-state index in [2.05, 4.69) is 22.3 Å². The fourth-order valence-electron chi connectivity index (χ4n) is 3.00. The highest BCUT2D eigenvalue weighted by Gasteiger charge is 2.20. The van der Waals surface area contributed by atoms with Crippen LogP contribution in [0.3, 0.4) is 0 Å². The van der Waals surface area contributed by atoms with Crippen molar-refractivity contribution in [3.63, 3.8) is 0 Å². The van der Waals surface area contributed by atoms with Crippen LogP contribution in [-0.2, 0) is 6.42 Å². The van der Waals surface area contributed by atoms with Gasteiger partial charge in [0, 0.05) is 24.6 Å². The molecule has 0 unspecified atom stereocenters. The SMILES string of the molecule is CN(C)[C@H](CNC(=O)c1cc(Cl)c2c(c1)OCCCO2)Cc1ccccc1. The van der Waals surface area contributed by atoms with Crippen molar-refractivity contribution in [2.24, 2.45) is 0 Å². The summed E-state index contributed by atoms with van der Waals surface area (Å²) in [6.07, 6.45) is 1.65. The lowest BCUT2D eigenvalue weighted by atomic mass is 10.0. The number of nitrogens with zero attached hydrogens (tertiary/aromatic N) is 1. The first-order valence-electron chi connectivity index (χ1n) is 9.12. The highest BCUT2D eigenvalue weighted by molar-refractivity contribution is 6.32. The molecule has 1 aliphatic rings. The Kier molecular flexibility index (Phi) is 6.58. The van der Waals surface area contributed by atoms with Gasteiger partial charge < -0.3 is 19.7 Å². The summed E-state index contributed by atoms with van der Waals surface area (Å²) in [7, 11) is 4.04. The van der Waals surface area contributed by atoms with E-state index in [4.69, 9.17) is 21.1 Å². The monoisotopic (exact) mass is 388 g/mol. The molecule has 0 spiro atoms. The molecule has 3 rings (SSSR count). The Morgan fingerprint density at radius 1 is 1.19 bits per heavy atom. The lowest BCUT2D eigenvalue weighted by molar-refractivity contribution is 0.0941. The van der Waals surface area contributed by atoms with Crippen molar-refractivity contribution in [3.8, 4) is 11.5 Å². The van der Waals surface area contributed by atoms with E-state index >= 15 is 0 Å². The molecule has 1 aliphatic heterocycles. The molecule has 2 aromatic rings. The van der Waals surface area contributed by atoms with Gasteiger partial charge in [0.25, 0.3) is 5.91 Å². The third-order valence-corrected chi connectivity index (χ3v) is 4.89. The van der Waals surface area contributed by atoms with Crippen molar-refractivity contribution in [2.75, 3.05) is 33.9 Å². The molecule has 0 radical (unpaired) electrons. The smallest absolute Gasteiger partial charge is 0.251 e. The van der Waals surface area contributed by atoms with Gasteiger partial charge in [-0.15, -0.1) is 0 Å². The van der Waals surface area contributed by atoms with Crippen molar-refractivity contribution >= 4 is 17.5 Å². The molecule has 0 saturated heterocycles. The number of likely N-dealkylation sites (N-methyl/N-ethyl adjacent to an activating group) is 1. The number of nitrogens with one attached hydrogen (secondary N) is 1. The van der Waals surface area contributed by atoms with E-state index in [-0.39, 0.29) is 11.9 Å². The second-order valence-electron chi connectivity index (χ2n) is 6.85. The van der Waals surface area contributed by atoms with Crippen LogP contribution in [0.25, 0.3) is 0 Å². The van der Waals surface area contributed by atoms with Crippen LogP contribution < -0.4 is 14.8 Å². The van der Waals surface area contributed by atoms with Gasteiger partial charge in [-0.2, -0.15) is 0 Å². The number of halogens is 1. The van der Waals surface area contributed by atoms with Crippen LogP contribution in [0.1, 0.15) is 22.3 Å². The van der Waals surface area contributed by atoms with Gasteiger partial charge in [0.05, 0.1) is 18.2 Å². The summed E-state index contributed by atoms with van der Waals surface area (Å²) in [5.41, 5.74) is 1.71. The maximum absolute atomic E-state index is 12.7. The van der Waals surface area contributed by atoms with Gasteiger partial charge in [-0.05, 0) is 38.2 Å². The Balaban J connectivity index is 1.67. The van der Waals surface area contributed by atoms with Crippen molar-refractivity contribution in [1.29, 1.82) is 0 Å². The van der Waals surface area contributed by atoms with Crippen LogP contribution in [0, 0.1) is 0 Å². The zero-order valence-electron chi connectivity index (χ0n) is 15.7. The first kappa shape index (κ1) is 19.5. The second-order valence-corrected chi connectivity index (χ2v) is 7.26. The lowest BCUT2D eigenvalue weighted by Gasteiger charge is -2.25. The predicted octanol–water partition coefficient (Wildman–Crippen LogP) is 3.40. The maximum atomic E-state index is 12.7. The molecule has 6 heteroatoms. The molecule has 0 aliphatic carbocycles. The van der Waals surface area contributed by atoms with Crippen molar-refractivity contribution in [1.82, 2.24) is 10.2 Å². The number of hydrogen-bond acceptors (Lipinski definition) is 4. The van der Waals surface area contributed by atoms with E-state index in [0.29, 0.717) is 41.8 Å². The summed E-state index contributed by atoms with van der Waals surface area (Å²) >= 11 is 6.29. The lowest BCUT2D eigenvalue weighted by Crippen LogP contribution is -2.41. The molecule has 0 fully saturated rings. The van der Waals surface area contributed by atoms with Crippen LogP contribution in [-0.4, -0.2) is 50.7 Å². The van der Waals surface area contributed by atoms with Crippen LogP contribution >= 0.6 is 11.6 Å². The van der Waals surface area contributed by atoms with Crippen LogP contribution in [0.4, 0.5) is 0 Å². The number of rotatable bonds is 6. The molecule has 0 bridgehead atoms. The van der Waals surface area contributed by atoms with Gasteiger partial charge in [-0.3, -0.25) is 4.79 Å². The largest absolute Gasteiger partial charge is 0.489 e. The van der Waals surface area contributed by atoms with Crippen molar-refractivity contribution in [2.45, 2.75) is 18.9 Å². The standard InChI is InChI=1S/C21H25ClN2O3/c1-24(2)17(11-15-7-4-3-5-8-15)14-23-21(25)16-12-18(22)20-19(13-16)26-9-6-10-27-20/h3-5,7-8,12-13,17H,6,9-11,14H2,1-2H3,(H,23,25)/t17-/m0/s1. The minimum Gasteiger partial charge on any atom is -0.489 e. The fourth-order valence-corrected chi connectivity index (χ4v) is 3.26. The van der Waals surface area contributed by atoms with Gasteiger partial charge in [-0.1, -0.05) is 41.9 Å². The summed E-state index contributed by atoms with van der Waals surface area (Å²) in [6.45, 7) is 1.64. The second kappa shape index (κ2) is 9.11. The predicted molar refractivity (Wildman–Crippen MR) is 107 cm³/mol. The molecule has 1 heterocycles. The number of benzene rings is 2. The number of carbonyl (C=O) groups is 1. The van der Waals surface area contributed by atoms with Crippen molar-refractivity contribution < 1.29 is 14.3 Å². The molecule has 1 amide bonds. The summed E-state index contributed by atoms with van der Waals surface area (Å²) in [6, 6.07) is 13.8. The molecular formula is C21H25ClN2O3. The molecule has 0 aromatic heterocycles. The first-order chi connectivity index (χ1) is 13.0. The minimum atomic E-state index is -0.174. The topological polar surface area (TPSA) is 50.8 Å². The Hall–Kier alpha value is -2.24. The summed E-state index contributed by atoms with van der Waals surface area (Å²) in [5.74, 6) is 0.868. The maximum Gasteiger partial charge on any atom is 0.251 e. The van der Waals surface area contributed by atoms with Gasteiger partial charge in [-0.25, -0.2) is 0 Å². The van der Waals surface area contributed by atoms with E-state index in [0.717, 1.165) is 12.8 Å². The summed E-state index contributed by atoms with van der Waals surface area (Å²) in [4.78, 5) is 14.8. The zero-order valence-corrected chi connectivity index (χ0v) is 16.5. The first-order valence-corrected chi connectivity index (χ1v) is 9.50. The van der Waals surface area contributed by atoms with E-state index < -0.39 is 0 Å². The molecular weight excluding hydrogens is 364 g/mol. The average molecular weight is 389 g/mol. The molecule has 1 N–H and O–H groups in total. The van der Waals surface area contributed by atoms with E-state index in [1.165, 1.54) is 5.56 Å².